The van der Waals surface area contributed by atoms with E-state index >= 15 is 0 Å². The van der Waals surface area contributed by atoms with Crippen molar-refractivity contribution in [2.24, 2.45) is 5.10 Å². The molecule has 2 aromatic rings. The van der Waals surface area contributed by atoms with Crippen molar-refractivity contribution >= 4 is 12.7 Å². The largest absolute Gasteiger partial charge is 0.422 e. The Morgan fingerprint density at radius 1 is 1.33 bits per heavy atom. The molecule has 4 nitrogen and oxygen atoms in total. The molecule has 0 radical (unpaired) electrons. The number of rotatable bonds is 3. The van der Waals surface area contributed by atoms with E-state index in [0.29, 0.717) is 6.01 Å². The highest BCUT2D eigenvalue weighted by Gasteiger charge is 2.10. The summed E-state index contributed by atoms with van der Waals surface area (Å²) >= 11 is 0. The highest BCUT2D eigenvalue weighted by molar-refractivity contribution is 5.60. The Kier molecular flexibility index (Phi) is 2.49. The lowest BCUT2D eigenvalue weighted by Crippen LogP contribution is -1.84. The topological polar surface area (TPSA) is 50.4 Å². The summed E-state index contributed by atoms with van der Waals surface area (Å²) in [5, 5.41) is 3.50. The van der Waals surface area contributed by atoms with Crippen LogP contribution in [0.2, 0.25) is 0 Å². The van der Waals surface area contributed by atoms with Gasteiger partial charge in [-0.25, -0.2) is 5.43 Å². The van der Waals surface area contributed by atoms with Gasteiger partial charge in [-0.15, -0.1) is 0 Å². The second-order valence-corrected chi connectivity index (χ2v) is 3.07. The molecule has 1 aromatic carbocycles. The summed E-state index contributed by atoms with van der Waals surface area (Å²) in [6.45, 7) is 5.20. The van der Waals surface area contributed by atoms with Crippen LogP contribution in [0.25, 0.3) is 11.3 Å². The van der Waals surface area contributed by atoms with Crippen molar-refractivity contribution in [1.82, 2.24) is 4.98 Å². The number of oxazole rings is 1. The summed E-state index contributed by atoms with van der Waals surface area (Å²) in [5.41, 5.74) is 4.40. The van der Waals surface area contributed by atoms with Crippen molar-refractivity contribution in [3.05, 3.63) is 36.0 Å². The van der Waals surface area contributed by atoms with Crippen molar-refractivity contribution in [2.75, 3.05) is 5.43 Å². The molecular formula is C11H11N3O. The molecule has 0 fully saturated rings. The van der Waals surface area contributed by atoms with Gasteiger partial charge in [0.1, 0.15) is 0 Å². The molecule has 76 valence electrons. The first kappa shape index (κ1) is 9.45. The molecule has 0 saturated carbocycles. The van der Waals surface area contributed by atoms with E-state index in [1.165, 1.54) is 0 Å². The lowest BCUT2D eigenvalue weighted by atomic mass is 10.1. The molecule has 1 heterocycles. The molecule has 0 amide bonds. The Morgan fingerprint density at radius 2 is 2.07 bits per heavy atom. The number of benzene rings is 1. The van der Waals surface area contributed by atoms with E-state index < -0.39 is 0 Å². The molecule has 0 saturated heterocycles. The summed E-state index contributed by atoms with van der Waals surface area (Å²) in [6.07, 6.45) is 0. The standard InChI is InChI=1S/C11H11N3O/c1-8-10(9-6-4-3-5-7-9)15-11(13-8)14-12-2/h3-7H,2H2,1H3,(H,13,14). The molecule has 2 rings (SSSR count). The quantitative estimate of drug-likeness (QED) is 0.613. The average Bonchev–Trinajstić information content (AvgIpc) is 2.61. The van der Waals surface area contributed by atoms with E-state index in [1.54, 1.807) is 0 Å². The van der Waals surface area contributed by atoms with Crippen molar-refractivity contribution < 1.29 is 4.42 Å². The van der Waals surface area contributed by atoms with E-state index in [0.717, 1.165) is 17.0 Å². The number of anilines is 1. The normalized spacial score (nSPS) is 9.93. The van der Waals surface area contributed by atoms with E-state index in [2.05, 4.69) is 22.2 Å². The second-order valence-electron chi connectivity index (χ2n) is 3.07. The zero-order valence-electron chi connectivity index (χ0n) is 8.40. The lowest BCUT2D eigenvalue weighted by molar-refractivity contribution is 0.586. The first-order valence-corrected chi connectivity index (χ1v) is 4.56. The molecule has 0 bridgehead atoms. The van der Waals surface area contributed by atoms with E-state index in [4.69, 9.17) is 4.42 Å². The molecule has 0 aliphatic carbocycles. The van der Waals surface area contributed by atoms with Gasteiger partial charge in [0.25, 0.3) is 0 Å². The third kappa shape index (κ3) is 1.88. The third-order valence-corrected chi connectivity index (χ3v) is 2.01. The summed E-state index contributed by atoms with van der Waals surface area (Å²) in [5.74, 6) is 0.752. The summed E-state index contributed by atoms with van der Waals surface area (Å²) in [7, 11) is 0. The Hall–Kier alpha value is -2.10. The van der Waals surface area contributed by atoms with Gasteiger partial charge >= 0.3 is 6.01 Å². The zero-order chi connectivity index (χ0) is 10.7. The van der Waals surface area contributed by atoms with Crippen molar-refractivity contribution in [3.8, 4) is 11.3 Å². The fourth-order valence-corrected chi connectivity index (χ4v) is 1.37. The van der Waals surface area contributed by atoms with Crippen LogP contribution in [0.5, 0.6) is 0 Å². The summed E-state index contributed by atoms with van der Waals surface area (Å²) in [6, 6.07) is 10.2. The van der Waals surface area contributed by atoms with Crippen LogP contribution < -0.4 is 5.43 Å². The summed E-state index contributed by atoms with van der Waals surface area (Å²) in [4.78, 5) is 4.17. The minimum Gasteiger partial charge on any atom is -0.422 e. The molecule has 4 heteroatoms. The van der Waals surface area contributed by atoms with Crippen molar-refractivity contribution in [1.29, 1.82) is 0 Å². The van der Waals surface area contributed by atoms with E-state index in [-0.39, 0.29) is 0 Å². The maximum Gasteiger partial charge on any atom is 0.316 e. The highest BCUT2D eigenvalue weighted by atomic mass is 16.4. The molecule has 0 atom stereocenters. The van der Waals surface area contributed by atoms with Gasteiger partial charge in [-0.1, -0.05) is 30.3 Å². The molecule has 0 aliphatic heterocycles. The van der Waals surface area contributed by atoms with Crippen LogP contribution in [0.3, 0.4) is 0 Å². The number of nitrogens with one attached hydrogen (secondary N) is 1. The molecule has 0 spiro atoms. The Morgan fingerprint density at radius 3 is 2.73 bits per heavy atom. The van der Waals surface area contributed by atoms with Gasteiger partial charge in [-0.2, -0.15) is 10.1 Å². The zero-order valence-corrected chi connectivity index (χ0v) is 8.40. The highest BCUT2D eigenvalue weighted by Crippen LogP contribution is 2.25. The van der Waals surface area contributed by atoms with Gasteiger partial charge in [-0.05, 0) is 6.92 Å². The van der Waals surface area contributed by atoms with Crippen LogP contribution in [-0.4, -0.2) is 11.7 Å². The molecular weight excluding hydrogens is 190 g/mol. The fourth-order valence-electron chi connectivity index (χ4n) is 1.37. The number of nitrogens with zero attached hydrogens (tertiary/aromatic N) is 2. The number of hydrogen-bond donors (Lipinski definition) is 1. The number of hydrazone groups is 1. The smallest absolute Gasteiger partial charge is 0.316 e. The maximum absolute atomic E-state index is 5.48. The van der Waals surface area contributed by atoms with Crippen LogP contribution in [0.4, 0.5) is 6.01 Å². The Bertz CT molecular complexity index is 462. The van der Waals surface area contributed by atoms with E-state index in [9.17, 15) is 0 Å². The van der Waals surface area contributed by atoms with Crippen molar-refractivity contribution in [2.45, 2.75) is 6.92 Å². The van der Waals surface area contributed by atoms with Gasteiger partial charge in [0.15, 0.2) is 5.76 Å². The fraction of sp³-hybridized carbons (Fsp3) is 0.0909. The minimum absolute atomic E-state index is 0.362. The molecule has 0 unspecified atom stereocenters. The molecule has 0 aliphatic rings. The molecule has 1 aromatic heterocycles. The van der Waals surface area contributed by atoms with Crippen LogP contribution >= 0.6 is 0 Å². The predicted molar refractivity (Wildman–Crippen MR) is 59.8 cm³/mol. The minimum atomic E-state index is 0.362. The number of aryl methyl sites for hydroxylation is 1. The van der Waals surface area contributed by atoms with Crippen LogP contribution in [-0.2, 0) is 0 Å². The SMILES string of the molecule is C=NNc1nc(C)c(-c2ccccc2)o1. The molecule has 15 heavy (non-hydrogen) atoms. The lowest BCUT2D eigenvalue weighted by Gasteiger charge is -1.95. The molecule has 1 N–H and O–H groups in total. The van der Waals surface area contributed by atoms with Crippen molar-refractivity contribution in [3.63, 3.8) is 0 Å². The van der Waals surface area contributed by atoms with Gasteiger partial charge < -0.3 is 4.42 Å². The van der Waals surface area contributed by atoms with Crippen LogP contribution in [0, 0.1) is 6.92 Å². The number of hydrogen-bond acceptors (Lipinski definition) is 4. The van der Waals surface area contributed by atoms with Gasteiger partial charge in [0.2, 0.25) is 0 Å². The van der Waals surface area contributed by atoms with E-state index in [1.807, 2.05) is 37.3 Å². The number of aromatic nitrogens is 1. The Labute approximate surface area is 87.6 Å². The third-order valence-electron chi connectivity index (χ3n) is 2.01. The van der Waals surface area contributed by atoms with Crippen LogP contribution in [0.15, 0.2) is 39.9 Å². The van der Waals surface area contributed by atoms with Gasteiger partial charge in [0.05, 0.1) is 5.69 Å². The maximum atomic E-state index is 5.48. The summed E-state index contributed by atoms with van der Waals surface area (Å²) < 4.78 is 5.48. The van der Waals surface area contributed by atoms with Gasteiger partial charge in [0, 0.05) is 12.3 Å². The first-order chi connectivity index (χ1) is 7.31. The second kappa shape index (κ2) is 3.96. The monoisotopic (exact) mass is 201 g/mol. The van der Waals surface area contributed by atoms with Gasteiger partial charge in [-0.3, -0.25) is 0 Å². The van der Waals surface area contributed by atoms with Crippen LogP contribution in [0.1, 0.15) is 5.69 Å². The Balaban J connectivity index is 2.40. The average molecular weight is 201 g/mol. The predicted octanol–water partition coefficient (Wildman–Crippen LogP) is 2.68. The first-order valence-electron chi connectivity index (χ1n) is 4.56.